The average Bonchev–Trinajstić information content (AvgIpc) is 3.44. The van der Waals surface area contributed by atoms with Gasteiger partial charge in [0.1, 0.15) is 18.0 Å². The Bertz CT molecular complexity index is 962. The zero-order valence-electron chi connectivity index (χ0n) is 21.6. The second kappa shape index (κ2) is 13.5. The van der Waals surface area contributed by atoms with Crippen LogP contribution in [0.5, 0.6) is 0 Å². The Kier molecular flexibility index (Phi) is 11.1. The molecule has 1 aromatic carbocycles. The van der Waals surface area contributed by atoms with Crippen LogP contribution in [0.2, 0.25) is 0 Å². The lowest BCUT2D eigenvalue weighted by Crippen LogP contribution is -2.40. The van der Waals surface area contributed by atoms with E-state index in [1.807, 2.05) is 39.6 Å². The van der Waals surface area contributed by atoms with Crippen LogP contribution < -0.4 is 5.32 Å². The van der Waals surface area contributed by atoms with Crippen LogP contribution in [0.15, 0.2) is 40.4 Å². The summed E-state index contributed by atoms with van der Waals surface area (Å²) >= 11 is 1.81. The molecule has 2 unspecified atom stereocenters. The van der Waals surface area contributed by atoms with Gasteiger partial charge in [-0.1, -0.05) is 48.8 Å². The van der Waals surface area contributed by atoms with Crippen LogP contribution in [0.3, 0.4) is 0 Å². The molecule has 2 aromatic rings. The first kappa shape index (κ1) is 27.9. The molecule has 1 aliphatic rings. The van der Waals surface area contributed by atoms with Crippen LogP contribution in [0.1, 0.15) is 69.0 Å². The predicted molar refractivity (Wildman–Crippen MR) is 141 cm³/mol. The Hall–Kier alpha value is -2.38. The van der Waals surface area contributed by atoms with Gasteiger partial charge in [0.2, 0.25) is 5.91 Å². The average molecular weight is 486 g/mol. The minimum Gasteiger partial charge on any atom is -0.360 e. The molecule has 2 atom stereocenters. The smallest absolute Gasteiger partial charge is 0.234 e. The summed E-state index contributed by atoms with van der Waals surface area (Å²) in [4.78, 5) is 26.7. The van der Waals surface area contributed by atoms with E-state index >= 15 is 0 Å². The van der Waals surface area contributed by atoms with Gasteiger partial charge in [0.15, 0.2) is 0 Å². The molecule has 1 aromatic heterocycles. The molecule has 3 rings (SSSR count). The number of carbonyl (C=O) groups excluding carboxylic acids is 2. The Morgan fingerprint density at radius 1 is 1.29 bits per heavy atom. The standard InChI is InChI=1S/C14H20N2O3.C13H19NS/c1-9(2)13(12-7-10(3)15-19-12)14(18)16-6-4-5-11(16)8-17;1-10(2)13(15-4)12-7-5-11(6-8-12)9-14-3/h7-9,11,13H,4-6H2,1-3H3;5-8,14H,9H2,1-4H3. The molecule has 0 bridgehead atoms. The number of likely N-dealkylation sites (tertiary alicyclic amines) is 1. The van der Waals surface area contributed by atoms with Crippen LogP contribution in [0.4, 0.5) is 0 Å². The Labute approximate surface area is 208 Å². The molecule has 7 heteroatoms. The summed E-state index contributed by atoms with van der Waals surface area (Å²) < 4.78 is 5.25. The van der Waals surface area contributed by atoms with Crippen LogP contribution >= 0.6 is 11.8 Å². The third kappa shape index (κ3) is 7.31. The number of rotatable bonds is 8. The molecule has 2 heterocycles. The van der Waals surface area contributed by atoms with E-state index in [0.717, 1.165) is 31.4 Å². The number of aldehydes is 1. The number of hydrogen-bond acceptors (Lipinski definition) is 6. The van der Waals surface area contributed by atoms with Crippen molar-refractivity contribution in [2.75, 3.05) is 19.8 Å². The normalized spacial score (nSPS) is 16.1. The van der Waals surface area contributed by atoms with Crippen LogP contribution in [-0.4, -0.2) is 48.1 Å². The molecule has 1 fully saturated rings. The largest absolute Gasteiger partial charge is 0.360 e. The zero-order chi connectivity index (χ0) is 25.3. The van der Waals surface area contributed by atoms with Gasteiger partial charge in [-0.25, -0.2) is 0 Å². The lowest BCUT2D eigenvalue weighted by atomic mass is 9.91. The van der Waals surface area contributed by atoms with Crippen molar-refractivity contribution in [1.29, 1.82) is 0 Å². The van der Waals surface area contributed by atoms with Gasteiger partial charge in [0.05, 0.1) is 11.7 Å². The summed E-state index contributed by atoms with van der Waals surface area (Å²) in [5, 5.41) is 7.01. The van der Waals surface area contributed by atoms with Gasteiger partial charge >= 0.3 is 0 Å². The van der Waals surface area contributed by atoms with E-state index in [2.05, 4.69) is 54.8 Å². The number of hydrogen-bond donors (Lipinski definition) is 1. The van der Waals surface area contributed by atoms with Crippen molar-refractivity contribution in [2.24, 2.45) is 5.92 Å². The van der Waals surface area contributed by atoms with Gasteiger partial charge in [-0.05, 0) is 64.0 Å². The van der Waals surface area contributed by atoms with E-state index in [0.29, 0.717) is 12.3 Å². The fourth-order valence-electron chi connectivity index (χ4n) is 4.24. The Morgan fingerprint density at radius 3 is 2.44 bits per heavy atom. The van der Waals surface area contributed by atoms with Crippen molar-refractivity contribution < 1.29 is 14.1 Å². The molecule has 6 nitrogen and oxygen atoms in total. The number of thioether (sulfide) groups is 1. The number of aromatic nitrogens is 1. The third-order valence-electron chi connectivity index (χ3n) is 5.88. The number of carbonyl (C=O) groups is 2. The summed E-state index contributed by atoms with van der Waals surface area (Å²) in [5.74, 6) is 0.310. The van der Waals surface area contributed by atoms with Crippen molar-refractivity contribution in [1.82, 2.24) is 15.4 Å². The summed E-state index contributed by atoms with van der Waals surface area (Å²) in [7, 11) is 1.97. The summed E-state index contributed by atoms with van der Waals surface area (Å²) in [5.41, 5.74) is 4.79. The summed E-state index contributed by atoms with van der Waals surface area (Å²) in [6.07, 6.45) is 4.64. The molecule has 1 N–H and O–H groups in total. The van der Waals surface area contributed by atoms with E-state index in [4.69, 9.17) is 4.52 Å². The third-order valence-corrected chi connectivity index (χ3v) is 6.93. The maximum atomic E-state index is 12.6. The minimum atomic E-state index is -0.359. The zero-order valence-corrected chi connectivity index (χ0v) is 22.4. The maximum absolute atomic E-state index is 12.6. The van der Waals surface area contributed by atoms with Crippen LogP contribution in [0.25, 0.3) is 4.91 Å². The molecule has 0 aliphatic carbocycles. The number of nitrogens with zero attached hydrogens (tertiary/aromatic N) is 2. The lowest BCUT2D eigenvalue weighted by Gasteiger charge is -2.26. The van der Waals surface area contributed by atoms with Gasteiger partial charge in [0, 0.05) is 24.1 Å². The highest BCUT2D eigenvalue weighted by Gasteiger charge is 2.36. The number of allylic oxidation sites excluding steroid dienone is 1. The van der Waals surface area contributed by atoms with Crippen molar-refractivity contribution in [3.8, 4) is 0 Å². The number of benzene rings is 1. The molecule has 0 spiro atoms. The predicted octanol–water partition coefficient (Wildman–Crippen LogP) is 5.43. The first-order valence-electron chi connectivity index (χ1n) is 11.9. The number of aryl methyl sites for hydroxylation is 1. The van der Waals surface area contributed by atoms with Crippen LogP contribution in [0, 0.1) is 12.8 Å². The highest BCUT2D eigenvalue weighted by molar-refractivity contribution is 8.07. The van der Waals surface area contributed by atoms with E-state index in [1.165, 1.54) is 21.6 Å². The van der Waals surface area contributed by atoms with E-state index in [1.54, 1.807) is 11.0 Å². The topological polar surface area (TPSA) is 75.4 Å². The molecule has 34 heavy (non-hydrogen) atoms. The second-order valence-electron chi connectivity index (χ2n) is 9.23. The van der Waals surface area contributed by atoms with E-state index < -0.39 is 0 Å². The van der Waals surface area contributed by atoms with Gasteiger partial charge in [-0.2, -0.15) is 0 Å². The molecule has 186 valence electrons. The summed E-state index contributed by atoms with van der Waals surface area (Å²) in [6.45, 7) is 11.7. The quantitative estimate of drug-likeness (QED) is 0.502. The van der Waals surface area contributed by atoms with Gasteiger partial charge in [-0.15, -0.1) is 11.8 Å². The summed E-state index contributed by atoms with van der Waals surface area (Å²) in [6, 6.07) is 10.3. The first-order valence-corrected chi connectivity index (χ1v) is 13.1. The maximum Gasteiger partial charge on any atom is 0.234 e. The molecule has 1 aliphatic heterocycles. The van der Waals surface area contributed by atoms with Crippen molar-refractivity contribution >= 4 is 28.9 Å². The Morgan fingerprint density at radius 2 is 1.97 bits per heavy atom. The van der Waals surface area contributed by atoms with Crippen LogP contribution in [-0.2, 0) is 16.1 Å². The fourth-order valence-corrected chi connectivity index (χ4v) is 5.02. The molecule has 0 radical (unpaired) electrons. The lowest BCUT2D eigenvalue weighted by molar-refractivity contribution is -0.137. The molecule has 1 amide bonds. The van der Waals surface area contributed by atoms with Gasteiger partial charge in [-0.3, -0.25) is 4.79 Å². The molecular weight excluding hydrogens is 446 g/mol. The van der Waals surface area contributed by atoms with Crippen molar-refractivity contribution in [3.63, 3.8) is 0 Å². The Balaban J connectivity index is 0.000000248. The van der Waals surface area contributed by atoms with E-state index in [9.17, 15) is 9.59 Å². The van der Waals surface area contributed by atoms with Crippen molar-refractivity contribution in [2.45, 2.75) is 66.0 Å². The SMILES string of the molecule is CNCc1ccc(C(SC)=C(C)C)cc1.Cc1cc(C(C(=O)N2CCCC2C=O)C(C)C)on1. The highest BCUT2D eigenvalue weighted by Crippen LogP contribution is 2.30. The number of amides is 1. The minimum absolute atomic E-state index is 0.0271. The number of nitrogens with one attached hydrogen (secondary N) is 1. The van der Waals surface area contributed by atoms with E-state index in [-0.39, 0.29) is 23.8 Å². The molecule has 0 saturated carbocycles. The monoisotopic (exact) mass is 485 g/mol. The molecule has 1 saturated heterocycles. The van der Waals surface area contributed by atoms with Gasteiger partial charge in [0.25, 0.3) is 0 Å². The second-order valence-corrected chi connectivity index (χ2v) is 10.0. The fraction of sp³-hybridized carbons (Fsp3) is 0.519. The highest BCUT2D eigenvalue weighted by atomic mass is 32.2. The van der Waals surface area contributed by atoms with Gasteiger partial charge < -0.3 is 19.5 Å². The molecular formula is C27H39N3O3S. The first-order chi connectivity index (χ1) is 16.2. The van der Waals surface area contributed by atoms with Crippen molar-refractivity contribution in [3.05, 3.63) is 58.5 Å².